The van der Waals surface area contributed by atoms with Gasteiger partial charge in [-0.1, -0.05) is 18.2 Å². The van der Waals surface area contributed by atoms with Gasteiger partial charge in [-0.15, -0.1) is 0 Å². The van der Waals surface area contributed by atoms with E-state index in [9.17, 15) is 9.59 Å². The van der Waals surface area contributed by atoms with Gasteiger partial charge in [0.15, 0.2) is 0 Å². The number of nitrogens with zero attached hydrogens (tertiary/aromatic N) is 1. The van der Waals surface area contributed by atoms with Crippen LogP contribution in [-0.2, 0) is 14.3 Å². The Morgan fingerprint density at radius 2 is 1.94 bits per heavy atom. The van der Waals surface area contributed by atoms with E-state index in [0.717, 1.165) is 17.8 Å². The molecule has 0 radical (unpaired) electrons. The van der Waals surface area contributed by atoms with Gasteiger partial charge in [0.25, 0.3) is 0 Å². The molecule has 0 bridgehead atoms. The van der Waals surface area contributed by atoms with Gasteiger partial charge < -0.3 is 14.7 Å². The molecule has 96 valence electrons. The minimum Gasteiger partial charge on any atom is -0.478 e. The molecule has 0 aliphatic carbocycles. The molecule has 5 nitrogen and oxygen atoms in total. The van der Waals surface area contributed by atoms with Gasteiger partial charge in [0.1, 0.15) is 6.61 Å². The summed E-state index contributed by atoms with van der Waals surface area (Å²) in [6.07, 6.45) is 1.65. The number of carboxylic acids is 1. The lowest BCUT2D eigenvalue weighted by Crippen LogP contribution is -2.23. The lowest BCUT2D eigenvalue weighted by atomic mass is 10.3. The van der Waals surface area contributed by atoms with Gasteiger partial charge in [0.05, 0.1) is 6.54 Å². The number of aliphatic carboxylic acids is 1. The first-order valence-corrected chi connectivity index (χ1v) is 5.43. The van der Waals surface area contributed by atoms with Gasteiger partial charge in [-0.05, 0) is 12.1 Å². The van der Waals surface area contributed by atoms with Crippen molar-refractivity contribution < 1.29 is 19.4 Å². The average Bonchev–Trinajstić information content (AvgIpc) is 2.37. The Bertz CT molecular complexity index is 428. The highest BCUT2D eigenvalue weighted by Gasteiger charge is 2.02. The predicted octanol–water partition coefficient (Wildman–Crippen LogP) is 1.31. The number of likely N-dealkylation sites (N-methyl/N-ethyl adjacent to an activating group) is 1. The molecule has 0 saturated heterocycles. The smallest absolute Gasteiger partial charge is 0.331 e. The summed E-state index contributed by atoms with van der Waals surface area (Å²) < 4.78 is 4.85. The minimum absolute atomic E-state index is 0.203. The summed E-state index contributed by atoms with van der Waals surface area (Å²) in [5.74, 6) is -1.83. The number of carboxylic acid groups (broad SMARTS) is 1. The van der Waals surface area contributed by atoms with Crippen LogP contribution in [0, 0.1) is 0 Å². The molecule has 1 aromatic rings. The quantitative estimate of drug-likeness (QED) is 0.608. The van der Waals surface area contributed by atoms with E-state index in [1.165, 1.54) is 0 Å². The molecular weight excluding hydrogens is 234 g/mol. The van der Waals surface area contributed by atoms with Crippen LogP contribution in [0.5, 0.6) is 0 Å². The second-order valence-electron chi connectivity index (χ2n) is 3.60. The Balaban J connectivity index is 2.30. The molecule has 18 heavy (non-hydrogen) atoms. The monoisotopic (exact) mass is 249 g/mol. The first kappa shape index (κ1) is 13.8. The van der Waals surface area contributed by atoms with Crippen molar-refractivity contribution >= 4 is 17.6 Å². The number of rotatable bonds is 6. The van der Waals surface area contributed by atoms with Crippen LogP contribution in [0.25, 0.3) is 0 Å². The fourth-order valence-electron chi connectivity index (χ4n) is 1.28. The topological polar surface area (TPSA) is 66.8 Å². The largest absolute Gasteiger partial charge is 0.478 e. The number of esters is 1. The zero-order valence-electron chi connectivity index (χ0n) is 10.1. The van der Waals surface area contributed by atoms with Gasteiger partial charge in [-0.3, -0.25) is 0 Å². The number of anilines is 1. The van der Waals surface area contributed by atoms with E-state index >= 15 is 0 Å². The molecule has 0 fully saturated rings. The Morgan fingerprint density at radius 3 is 2.56 bits per heavy atom. The lowest BCUT2D eigenvalue weighted by Gasteiger charge is -2.18. The number of hydrogen-bond acceptors (Lipinski definition) is 4. The normalized spacial score (nSPS) is 10.3. The van der Waals surface area contributed by atoms with Crippen LogP contribution >= 0.6 is 0 Å². The summed E-state index contributed by atoms with van der Waals surface area (Å²) in [5, 5.41) is 8.32. The Morgan fingerprint density at radius 1 is 1.28 bits per heavy atom. The lowest BCUT2D eigenvalue weighted by molar-refractivity contribution is -0.138. The predicted molar refractivity (Wildman–Crippen MR) is 67.4 cm³/mol. The van der Waals surface area contributed by atoms with Crippen LogP contribution in [0.1, 0.15) is 0 Å². The molecule has 0 aliphatic heterocycles. The maximum absolute atomic E-state index is 11.1. The molecule has 0 atom stereocenters. The molecule has 1 N–H and O–H groups in total. The summed E-state index contributed by atoms with van der Waals surface area (Å²) in [7, 11) is 1.89. The van der Waals surface area contributed by atoms with Crippen LogP contribution < -0.4 is 4.90 Å². The number of ether oxygens (including phenoxy) is 1. The molecule has 0 aromatic heterocycles. The first-order valence-electron chi connectivity index (χ1n) is 5.43. The minimum atomic E-state index is -1.17. The fraction of sp³-hybridized carbons (Fsp3) is 0.231. The van der Waals surface area contributed by atoms with Crippen LogP contribution in [-0.4, -0.2) is 37.2 Å². The number of carbonyl (C=O) groups is 2. The number of para-hydroxylation sites is 1. The second-order valence-corrected chi connectivity index (χ2v) is 3.60. The van der Waals surface area contributed by atoms with Crippen molar-refractivity contribution in [3.8, 4) is 0 Å². The van der Waals surface area contributed by atoms with Crippen molar-refractivity contribution in [2.75, 3.05) is 25.1 Å². The van der Waals surface area contributed by atoms with Crippen molar-refractivity contribution in [3.63, 3.8) is 0 Å². The highest BCUT2D eigenvalue weighted by Crippen LogP contribution is 2.09. The second kappa shape index (κ2) is 7.11. The number of carbonyl (C=O) groups excluding carboxylic acids is 1. The van der Waals surface area contributed by atoms with Crippen molar-refractivity contribution in [2.24, 2.45) is 0 Å². The number of hydrogen-bond donors (Lipinski definition) is 1. The van der Waals surface area contributed by atoms with E-state index in [2.05, 4.69) is 0 Å². The average molecular weight is 249 g/mol. The van der Waals surface area contributed by atoms with Crippen LogP contribution in [0.15, 0.2) is 42.5 Å². The molecule has 0 heterocycles. The molecule has 1 aromatic carbocycles. The third-order valence-electron chi connectivity index (χ3n) is 2.23. The Kier molecular flexibility index (Phi) is 5.44. The van der Waals surface area contributed by atoms with E-state index in [1.807, 2.05) is 42.3 Å². The molecule has 0 saturated carbocycles. The number of benzene rings is 1. The molecule has 0 aliphatic rings. The maximum atomic E-state index is 11.1. The Hall–Kier alpha value is -2.30. The maximum Gasteiger partial charge on any atom is 0.331 e. The third-order valence-corrected chi connectivity index (χ3v) is 2.23. The van der Waals surface area contributed by atoms with Gasteiger partial charge in [-0.2, -0.15) is 0 Å². The SMILES string of the molecule is CN(CCOC(=O)/C=C/C(=O)O)c1ccccc1. The molecule has 0 spiro atoms. The van der Waals surface area contributed by atoms with Gasteiger partial charge >= 0.3 is 11.9 Å². The summed E-state index contributed by atoms with van der Waals surface area (Å²) in [6.45, 7) is 0.741. The van der Waals surface area contributed by atoms with Crippen LogP contribution in [0.4, 0.5) is 5.69 Å². The molecule has 0 amide bonds. The van der Waals surface area contributed by atoms with Crippen molar-refractivity contribution in [1.29, 1.82) is 0 Å². The molecule has 1 rings (SSSR count). The van der Waals surface area contributed by atoms with Crippen molar-refractivity contribution in [3.05, 3.63) is 42.5 Å². The van der Waals surface area contributed by atoms with Crippen molar-refractivity contribution in [2.45, 2.75) is 0 Å². The zero-order valence-corrected chi connectivity index (χ0v) is 10.1. The zero-order chi connectivity index (χ0) is 13.4. The summed E-state index contributed by atoms with van der Waals surface area (Å²) >= 11 is 0. The van der Waals surface area contributed by atoms with Gasteiger partial charge in [0.2, 0.25) is 0 Å². The summed E-state index contributed by atoms with van der Waals surface area (Å²) in [6, 6.07) is 9.67. The standard InChI is InChI=1S/C13H15NO4/c1-14(11-5-3-2-4-6-11)9-10-18-13(17)8-7-12(15)16/h2-8H,9-10H2,1H3,(H,15,16)/b8-7+. The van der Waals surface area contributed by atoms with E-state index < -0.39 is 11.9 Å². The highest BCUT2D eigenvalue weighted by molar-refractivity contribution is 5.90. The fourth-order valence-corrected chi connectivity index (χ4v) is 1.28. The van der Waals surface area contributed by atoms with E-state index in [0.29, 0.717) is 6.54 Å². The van der Waals surface area contributed by atoms with E-state index in [-0.39, 0.29) is 6.61 Å². The Labute approximate surface area is 105 Å². The van der Waals surface area contributed by atoms with Gasteiger partial charge in [-0.25, -0.2) is 9.59 Å². The first-order chi connectivity index (χ1) is 8.59. The van der Waals surface area contributed by atoms with E-state index in [1.54, 1.807) is 0 Å². The van der Waals surface area contributed by atoms with Gasteiger partial charge in [0, 0.05) is 24.9 Å². The van der Waals surface area contributed by atoms with Crippen LogP contribution in [0.2, 0.25) is 0 Å². The van der Waals surface area contributed by atoms with Crippen LogP contribution in [0.3, 0.4) is 0 Å². The molecule has 5 heteroatoms. The summed E-state index contributed by atoms with van der Waals surface area (Å²) in [5.41, 5.74) is 1.02. The summed E-state index contributed by atoms with van der Waals surface area (Å²) in [4.78, 5) is 23.2. The van der Waals surface area contributed by atoms with E-state index in [4.69, 9.17) is 9.84 Å². The highest BCUT2D eigenvalue weighted by atomic mass is 16.5. The van der Waals surface area contributed by atoms with Crippen molar-refractivity contribution in [1.82, 2.24) is 0 Å². The third kappa shape index (κ3) is 5.16. The molecular formula is C13H15NO4. The molecule has 0 unspecified atom stereocenters.